The van der Waals surface area contributed by atoms with Gasteiger partial charge in [0.2, 0.25) is 0 Å². The van der Waals surface area contributed by atoms with Crippen LogP contribution in [0.5, 0.6) is 5.75 Å². The summed E-state index contributed by atoms with van der Waals surface area (Å²) < 4.78 is 1.84. The molecule has 0 saturated carbocycles. The number of piperidine rings is 1. The minimum atomic E-state index is -0.0943. The average molecular weight is 275 g/mol. The fourth-order valence-corrected chi connectivity index (χ4v) is 3.23. The van der Waals surface area contributed by atoms with E-state index in [-0.39, 0.29) is 17.6 Å². The highest BCUT2D eigenvalue weighted by Crippen LogP contribution is 2.30. The molecule has 1 aromatic heterocycles. The van der Waals surface area contributed by atoms with Gasteiger partial charge in [-0.05, 0) is 45.2 Å². The van der Waals surface area contributed by atoms with Crippen molar-refractivity contribution >= 4 is 11.0 Å². The summed E-state index contributed by atoms with van der Waals surface area (Å²) >= 11 is 0. The molecule has 1 unspecified atom stereocenters. The van der Waals surface area contributed by atoms with Crippen molar-refractivity contribution in [2.45, 2.75) is 45.3 Å². The molecular weight excluding hydrogens is 254 g/mol. The summed E-state index contributed by atoms with van der Waals surface area (Å²) in [4.78, 5) is 17.5. The van der Waals surface area contributed by atoms with Crippen molar-refractivity contribution in [2.75, 3.05) is 6.54 Å². The summed E-state index contributed by atoms with van der Waals surface area (Å²) in [5.74, 6) is 0.176. The Morgan fingerprint density at radius 3 is 2.90 bits per heavy atom. The largest absolute Gasteiger partial charge is 0.508 e. The van der Waals surface area contributed by atoms with Crippen LogP contribution in [0.3, 0.4) is 0 Å². The zero-order valence-corrected chi connectivity index (χ0v) is 12.0. The molecule has 0 aliphatic carbocycles. The van der Waals surface area contributed by atoms with Gasteiger partial charge in [0.05, 0.1) is 17.2 Å². The number of nitrogens with zero attached hydrogens (tertiary/aromatic N) is 2. The zero-order chi connectivity index (χ0) is 14.3. The predicted octanol–water partition coefficient (Wildman–Crippen LogP) is 2.43. The Morgan fingerprint density at radius 2 is 2.15 bits per heavy atom. The number of likely N-dealkylation sites (tertiary alicyclic amines) is 1. The van der Waals surface area contributed by atoms with E-state index in [1.54, 1.807) is 12.1 Å². The van der Waals surface area contributed by atoms with Gasteiger partial charge < -0.3 is 10.1 Å². The number of aromatic amines is 1. The molecule has 1 aromatic carbocycles. The van der Waals surface area contributed by atoms with Crippen LogP contribution >= 0.6 is 0 Å². The molecule has 0 radical (unpaired) electrons. The van der Waals surface area contributed by atoms with Crippen molar-refractivity contribution in [3.63, 3.8) is 0 Å². The monoisotopic (exact) mass is 275 g/mol. The third-order valence-corrected chi connectivity index (χ3v) is 4.17. The van der Waals surface area contributed by atoms with Gasteiger partial charge in [-0.25, -0.2) is 4.79 Å². The first-order valence-corrected chi connectivity index (χ1v) is 7.27. The quantitative estimate of drug-likeness (QED) is 0.885. The van der Waals surface area contributed by atoms with Gasteiger partial charge in [-0.15, -0.1) is 0 Å². The first-order chi connectivity index (χ1) is 9.58. The molecule has 1 aliphatic rings. The molecule has 5 nitrogen and oxygen atoms in total. The van der Waals surface area contributed by atoms with Gasteiger partial charge in [-0.1, -0.05) is 0 Å². The van der Waals surface area contributed by atoms with Crippen LogP contribution < -0.4 is 5.69 Å². The highest BCUT2D eigenvalue weighted by molar-refractivity contribution is 5.77. The second-order valence-electron chi connectivity index (χ2n) is 5.81. The Hall–Kier alpha value is -1.75. The highest BCUT2D eigenvalue weighted by atomic mass is 16.3. The van der Waals surface area contributed by atoms with Gasteiger partial charge in [0.1, 0.15) is 5.75 Å². The SMILES string of the molecule is CC(C)N1CCCCC1n1c(=O)[nH]c2cc(O)ccc21. The van der Waals surface area contributed by atoms with Crippen molar-refractivity contribution in [3.05, 3.63) is 28.7 Å². The van der Waals surface area contributed by atoms with Gasteiger partial charge in [-0.3, -0.25) is 9.47 Å². The van der Waals surface area contributed by atoms with Gasteiger partial charge in [-0.2, -0.15) is 0 Å². The Kier molecular flexibility index (Phi) is 3.30. The van der Waals surface area contributed by atoms with Gasteiger partial charge >= 0.3 is 5.69 Å². The number of H-pyrrole nitrogens is 1. The minimum absolute atomic E-state index is 0.0943. The summed E-state index contributed by atoms with van der Waals surface area (Å²) in [5, 5.41) is 9.54. The molecular formula is C15H21N3O2. The van der Waals surface area contributed by atoms with E-state index >= 15 is 0 Å². The average Bonchev–Trinajstić information content (AvgIpc) is 2.73. The fourth-order valence-electron chi connectivity index (χ4n) is 3.23. The molecule has 1 saturated heterocycles. The summed E-state index contributed by atoms with van der Waals surface area (Å²) in [6, 6.07) is 5.47. The Balaban J connectivity index is 2.12. The maximum atomic E-state index is 12.3. The molecule has 20 heavy (non-hydrogen) atoms. The Labute approximate surface area is 117 Å². The Bertz CT molecular complexity index is 671. The number of rotatable bonds is 2. The van der Waals surface area contributed by atoms with Crippen LogP contribution in [0.25, 0.3) is 11.0 Å². The minimum Gasteiger partial charge on any atom is -0.508 e. The summed E-state index contributed by atoms with van der Waals surface area (Å²) in [6.45, 7) is 5.37. The van der Waals surface area contributed by atoms with E-state index in [0.29, 0.717) is 11.6 Å². The van der Waals surface area contributed by atoms with Crippen molar-refractivity contribution in [1.82, 2.24) is 14.5 Å². The molecule has 2 aromatic rings. The van der Waals surface area contributed by atoms with Gasteiger partial charge in [0, 0.05) is 18.7 Å². The van der Waals surface area contributed by atoms with Crippen molar-refractivity contribution in [2.24, 2.45) is 0 Å². The molecule has 1 atom stereocenters. The number of imidazole rings is 1. The van der Waals surface area contributed by atoms with Crippen LogP contribution in [0.1, 0.15) is 39.3 Å². The van der Waals surface area contributed by atoms with E-state index < -0.39 is 0 Å². The topological polar surface area (TPSA) is 61.3 Å². The molecule has 3 rings (SSSR count). The predicted molar refractivity (Wildman–Crippen MR) is 79.0 cm³/mol. The molecule has 5 heteroatoms. The molecule has 1 aliphatic heterocycles. The number of phenolic OH excluding ortho intramolecular Hbond substituents is 1. The standard InChI is InChI=1S/C15H21N3O2/c1-10(2)17-8-4-3-5-14(17)18-13-7-6-11(19)9-12(13)16-15(18)20/h6-7,9-10,14,19H,3-5,8H2,1-2H3,(H,16,20). The number of benzene rings is 1. The van der Waals surface area contributed by atoms with Crippen LogP contribution in [0.2, 0.25) is 0 Å². The normalized spacial score (nSPS) is 20.9. The van der Waals surface area contributed by atoms with Crippen molar-refractivity contribution < 1.29 is 5.11 Å². The lowest BCUT2D eigenvalue weighted by molar-refractivity contribution is 0.0649. The third-order valence-electron chi connectivity index (χ3n) is 4.17. The second-order valence-corrected chi connectivity index (χ2v) is 5.81. The lowest BCUT2D eigenvalue weighted by Gasteiger charge is -2.39. The van der Waals surface area contributed by atoms with E-state index in [9.17, 15) is 9.90 Å². The number of fused-ring (bicyclic) bond motifs is 1. The van der Waals surface area contributed by atoms with Crippen LogP contribution in [0.15, 0.2) is 23.0 Å². The summed E-state index contributed by atoms with van der Waals surface area (Å²) in [6.07, 6.45) is 3.43. The van der Waals surface area contributed by atoms with E-state index in [4.69, 9.17) is 0 Å². The number of aromatic nitrogens is 2. The van der Waals surface area contributed by atoms with Gasteiger partial charge in [0.25, 0.3) is 0 Å². The summed E-state index contributed by atoms with van der Waals surface area (Å²) in [7, 11) is 0. The molecule has 2 heterocycles. The van der Waals surface area contributed by atoms with E-state index in [1.165, 1.54) is 6.42 Å². The van der Waals surface area contributed by atoms with Crippen molar-refractivity contribution in [3.8, 4) is 5.75 Å². The maximum Gasteiger partial charge on any atom is 0.327 e. The zero-order valence-electron chi connectivity index (χ0n) is 12.0. The molecule has 0 spiro atoms. The van der Waals surface area contributed by atoms with Crippen LogP contribution in [-0.2, 0) is 0 Å². The molecule has 0 amide bonds. The molecule has 1 fully saturated rings. The lowest BCUT2D eigenvalue weighted by atomic mass is 10.1. The fraction of sp³-hybridized carbons (Fsp3) is 0.533. The molecule has 2 N–H and O–H groups in total. The first-order valence-electron chi connectivity index (χ1n) is 7.27. The number of hydrogen-bond donors (Lipinski definition) is 2. The van der Waals surface area contributed by atoms with E-state index in [1.807, 2.05) is 10.6 Å². The van der Waals surface area contributed by atoms with E-state index in [0.717, 1.165) is 24.9 Å². The lowest BCUT2D eigenvalue weighted by Crippen LogP contribution is -2.43. The van der Waals surface area contributed by atoms with E-state index in [2.05, 4.69) is 23.7 Å². The highest BCUT2D eigenvalue weighted by Gasteiger charge is 2.28. The summed E-state index contributed by atoms with van der Waals surface area (Å²) in [5.41, 5.74) is 1.47. The van der Waals surface area contributed by atoms with Crippen LogP contribution in [0, 0.1) is 0 Å². The van der Waals surface area contributed by atoms with Crippen LogP contribution in [-0.4, -0.2) is 32.1 Å². The molecule has 108 valence electrons. The Morgan fingerprint density at radius 1 is 1.35 bits per heavy atom. The number of phenols is 1. The first kappa shape index (κ1) is 13.2. The number of nitrogens with one attached hydrogen (secondary N) is 1. The van der Waals surface area contributed by atoms with Crippen LogP contribution in [0.4, 0.5) is 0 Å². The second kappa shape index (κ2) is 4.98. The molecule has 0 bridgehead atoms. The number of hydrogen-bond acceptors (Lipinski definition) is 3. The third kappa shape index (κ3) is 2.12. The smallest absolute Gasteiger partial charge is 0.327 e. The van der Waals surface area contributed by atoms with Crippen molar-refractivity contribution in [1.29, 1.82) is 0 Å². The number of aromatic hydroxyl groups is 1. The maximum absolute atomic E-state index is 12.3. The van der Waals surface area contributed by atoms with Gasteiger partial charge in [0.15, 0.2) is 0 Å².